The van der Waals surface area contributed by atoms with Crippen LogP contribution in [0, 0.1) is 5.82 Å². The molecule has 1 saturated heterocycles. The van der Waals surface area contributed by atoms with E-state index in [1.807, 2.05) is 12.2 Å². The third-order valence-corrected chi connectivity index (χ3v) is 7.21. The van der Waals surface area contributed by atoms with Gasteiger partial charge >= 0.3 is 5.97 Å². The van der Waals surface area contributed by atoms with Crippen LogP contribution in [-0.4, -0.2) is 69.5 Å². The highest BCUT2D eigenvalue weighted by molar-refractivity contribution is 7.85. The number of amides is 1. The fourth-order valence-corrected chi connectivity index (χ4v) is 5.37. The molecule has 0 radical (unpaired) electrons. The highest BCUT2D eigenvalue weighted by Gasteiger charge is 2.39. The Morgan fingerprint density at radius 1 is 1.31 bits per heavy atom. The molecule has 1 aliphatic carbocycles. The maximum Gasteiger partial charge on any atom is 0.318 e. The predicted octanol–water partition coefficient (Wildman–Crippen LogP) is 3.48. The fraction of sp³-hybridized carbons (Fsp3) is 0.478. The fourth-order valence-electron chi connectivity index (χ4n) is 4.19. The molecule has 2 aliphatic rings. The first-order valence-electron chi connectivity index (χ1n) is 10.6. The number of ether oxygens (including phenoxy) is 1. The lowest BCUT2D eigenvalue weighted by Crippen LogP contribution is -2.62. The number of carbonyl (C=O) groups excluding carboxylic acids is 2. The van der Waals surface area contributed by atoms with Gasteiger partial charge in [0.05, 0.1) is 22.3 Å². The molecule has 1 aromatic carbocycles. The molecule has 1 aromatic rings. The summed E-state index contributed by atoms with van der Waals surface area (Å²) in [6.45, 7) is 7.62. The van der Waals surface area contributed by atoms with Crippen LogP contribution in [0.25, 0.3) is 0 Å². The minimum Gasteiger partial charge on any atom is -0.465 e. The van der Waals surface area contributed by atoms with Gasteiger partial charge in [-0.15, -0.1) is 0 Å². The first kappa shape index (κ1) is 24.6. The summed E-state index contributed by atoms with van der Waals surface area (Å²) in [7, 11) is -1.88. The Bertz CT molecular complexity index is 979. The Balaban J connectivity index is 1.69. The topological polar surface area (TPSA) is 66.9 Å². The summed E-state index contributed by atoms with van der Waals surface area (Å²) < 4.78 is 31.6. The van der Waals surface area contributed by atoms with Gasteiger partial charge in [-0.3, -0.25) is 18.7 Å². The van der Waals surface area contributed by atoms with E-state index in [1.54, 1.807) is 11.8 Å². The largest absolute Gasteiger partial charge is 0.465 e. The molecule has 32 heavy (non-hydrogen) atoms. The first-order chi connectivity index (χ1) is 15.1. The third-order valence-electron chi connectivity index (χ3n) is 5.64. The zero-order chi connectivity index (χ0) is 23.5. The maximum absolute atomic E-state index is 14.6. The van der Waals surface area contributed by atoms with Crippen molar-refractivity contribution in [3.63, 3.8) is 0 Å². The van der Waals surface area contributed by atoms with Gasteiger partial charge in [0, 0.05) is 41.8 Å². The van der Waals surface area contributed by atoms with Crippen LogP contribution in [0.5, 0.6) is 0 Å². The molecule has 0 saturated carbocycles. The van der Waals surface area contributed by atoms with E-state index in [4.69, 9.17) is 16.3 Å². The summed E-state index contributed by atoms with van der Waals surface area (Å²) in [6, 6.07) is 4.03. The average molecular weight is 483 g/mol. The molecule has 3 rings (SSSR count). The standard InChI is InChI=1S/C23H28ClFN2O4S/c1-4-31-21(28)14-32(30)20-9-8-16(12-19(20)25)22(29)26-10-11-27(23(2,3)15-26)18-7-5-6-17(24)13-18/h5-6,8-9,12-13,18H,4,7,10-11,14-15H2,1-3H3/t18-,32?/m1/s1. The minimum absolute atomic E-state index is 0.117. The Labute approximate surface area is 195 Å². The van der Waals surface area contributed by atoms with Crippen molar-refractivity contribution in [2.24, 2.45) is 0 Å². The Kier molecular flexibility index (Phi) is 7.90. The van der Waals surface area contributed by atoms with Gasteiger partial charge in [-0.05, 0) is 57.5 Å². The van der Waals surface area contributed by atoms with Gasteiger partial charge in [0.2, 0.25) is 0 Å². The molecule has 1 unspecified atom stereocenters. The number of esters is 1. The van der Waals surface area contributed by atoms with Crippen LogP contribution in [0.4, 0.5) is 4.39 Å². The number of piperazine rings is 1. The molecule has 174 valence electrons. The highest BCUT2D eigenvalue weighted by atomic mass is 35.5. The lowest BCUT2D eigenvalue weighted by Gasteiger charge is -2.50. The molecular weight excluding hydrogens is 455 g/mol. The molecule has 6 nitrogen and oxygen atoms in total. The highest BCUT2D eigenvalue weighted by Crippen LogP contribution is 2.29. The molecule has 0 spiro atoms. The third kappa shape index (κ3) is 5.66. The number of rotatable bonds is 6. The van der Waals surface area contributed by atoms with Crippen molar-refractivity contribution in [2.45, 2.75) is 43.7 Å². The maximum atomic E-state index is 14.6. The van der Waals surface area contributed by atoms with E-state index in [-0.39, 0.29) is 34.6 Å². The molecule has 1 amide bonds. The predicted molar refractivity (Wildman–Crippen MR) is 122 cm³/mol. The Hall–Kier alpha value is -2.03. The number of nitrogens with zero attached hydrogens (tertiary/aromatic N) is 2. The number of hydrogen-bond donors (Lipinski definition) is 0. The molecule has 0 bridgehead atoms. The van der Waals surface area contributed by atoms with Crippen molar-refractivity contribution < 1.29 is 22.9 Å². The summed E-state index contributed by atoms with van der Waals surface area (Å²) >= 11 is 6.18. The minimum atomic E-state index is -1.88. The van der Waals surface area contributed by atoms with E-state index in [9.17, 15) is 18.2 Å². The van der Waals surface area contributed by atoms with Crippen LogP contribution < -0.4 is 0 Å². The van der Waals surface area contributed by atoms with Crippen LogP contribution in [-0.2, 0) is 20.3 Å². The van der Waals surface area contributed by atoms with Crippen molar-refractivity contribution >= 4 is 34.3 Å². The summed E-state index contributed by atoms with van der Waals surface area (Å²) in [4.78, 5) is 28.5. The van der Waals surface area contributed by atoms with Gasteiger partial charge in [-0.1, -0.05) is 17.7 Å². The van der Waals surface area contributed by atoms with E-state index < -0.39 is 28.3 Å². The van der Waals surface area contributed by atoms with E-state index in [2.05, 4.69) is 24.8 Å². The summed E-state index contributed by atoms with van der Waals surface area (Å²) in [5.41, 5.74) is -0.107. The lowest BCUT2D eigenvalue weighted by atomic mass is 9.93. The Morgan fingerprint density at radius 2 is 2.06 bits per heavy atom. The lowest BCUT2D eigenvalue weighted by molar-refractivity contribution is -0.139. The number of carbonyl (C=O) groups is 2. The van der Waals surface area contributed by atoms with Crippen molar-refractivity contribution in [3.05, 3.63) is 52.8 Å². The van der Waals surface area contributed by atoms with Gasteiger partial charge in [-0.25, -0.2) is 4.39 Å². The van der Waals surface area contributed by atoms with Crippen LogP contribution >= 0.6 is 11.6 Å². The summed E-state index contributed by atoms with van der Waals surface area (Å²) in [5.74, 6) is -2.14. The number of halogens is 2. The van der Waals surface area contributed by atoms with Crippen LogP contribution in [0.3, 0.4) is 0 Å². The Morgan fingerprint density at radius 3 is 2.69 bits per heavy atom. The zero-order valence-electron chi connectivity index (χ0n) is 18.5. The van der Waals surface area contributed by atoms with Crippen molar-refractivity contribution in [1.29, 1.82) is 0 Å². The van der Waals surface area contributed by atoms with Gasteiger partial charge in [0.15, 0.2) is 0 Å². The van der Waals surface area contributed by atoms with E-state index in [1.165, 1.54) is 12.1 Å². The van der Waals surface area contributed by atoms with E-state index in [0.717, 1.165) is 12.5 Å². The van der Waals surface area contributed by atoms with E-state index >= 15 is 0 Å². The monoisotopic (exact) mass is 482 g/mol. The summed E-state index contributed by atoms with van der Waals surface area (Å²) in [6.07, 6.45) is 6.84. The van der Waals surface area contributed by atoms with Crippen LogP contribution in [0.15, 0.2) is 46.4 Å². The first-order valence-corrected chi connectivity index (χ1v) is 12.3. The molecule has 0 aromatic heterocycles. The second kappa shape index (κ2) is 10.3. The van der Waals surface area contributed by atoms with Crippen molar-refractivity contribution in [3.8, 4) is 0 Å². The number of allylic oxidation sites excluding steroid dienone is 2. The quantitative estimate of drug-likeness (QED) is 0.581. The molecule has 1 aliphatic heterocycles. The van der Waals surface area contributed by atoms with E-state index in [0.29, 0.717) is 24.7 Å². The average Bonchev–Trinajstić information content (AvgIpc) is 2.72. The molecule has 1 fully saturated rings. The van der Waals surface area contributed by atoms with Crippen molar-refractivity contribution in [2.75, 3.05) is 32.0 Å². The van der Waals surface area contributed by atoms with Gasteiger partial charge in [0.25, 0.3) is 5.91 Å². The van der Waals surface area contributed by atoms with Crippen LogP contribution in [0.2, 0.25) is 0 Å². The van der Waals surface area contributed by atoms with Gasteiger partial charge in [-0.2, -0.15) is 0 Å². The van der Waals surface area contributed by atoms with Gasteiger partial charge in [0.1, 0.15) is 11.6 Å². The zero-order valence-corrected chi connectivity index (χ0v) is 20.0. The second-order valence-corrected chi connectivity index (χ2v) is 10.3. The molecule has 1 heterocycles. The van der Waals surface area contributed by atoms with Crippen LogP contribution in [0.1, 0.15) is 37.6 Å². The normalized spacial score (nSPS) is 21.7. The van der Waals surface area contributed by atoms with Crippen molar-refractivity contribution in [1.82, 2.24) is 9.80 Å². The molecule has 0 N–H and O–H groups in total. The number of hydrogen-bond acceptors (Lipinski definition) is 5. The van der Waals surface area contributed by atoms with Gasteiger partial charge < -0.3 is 9.64 Å². The SMILES string of the molecule is CCOC(=O)CS(=O)c1ccc(C(=O)N2CCN([C@H]3C=C(Cl)C=CC3)C(C)(C)C2)cc1F. The molecule has 9 heteroatoms. The smallest absolute Gasteiger partial charge is 0.318 e. The number of benzene rings is 1. The summed E-state index contributed by atoms with van der Waals surface area (Å²) in [5, 5.41) is 0.714. The molecular formula is C23H28ClFN2O4S. The second-order valence-electron chi connectivity index (χ2n) is 8.43. The molecule has 2 atom stereocenters.